The zero-order chi connectivity index (χ0) is 18.1. The van der Waals surface area contributed by atoms with Crippen LogP contribution >= 0.6 is 0 Å². The number of fused-ring (bicyclic) bond motifs is 1. The molecule has 1 fully saturated rings. The standard InChI is InChI=1S/C17H19N3O5/c1-10-6-11(16(23)24)8-19(7-10)14(21)9-20-15(22)12-4-2-3-5-13(12)18-17(20)25/h2-5,10-11H,6-9H2,1H3,(H,18,25)(H,23,24). The number of aromatic amines is 1. The SMILES string of the molecule is CC1CC(C(=O)O)CN(C(=O)Cn2c(=O)[nH]c3ccccc3c2=O)C1. The first-order valence-electron chi connectivity index (χ1n) is 8.09. The van der Waals surface area contributed by atoms with Crippen LogP contribution < -0.4 is 11.2 Å². The number of likely N-dealkylation sites (tertiary alicyclic amines) is 1. The second-order valence-corrected chi connectivity index (χ2v) is 6.54. The molecular formula is C17H19N3O5. The summed E-state index contributed by atoms with van der Waals surface area (Å²) in [4.78, 5) is 52.4. The maximum atomic E-state index is 12.5. The van der Waals surface area contributed by atoms with E-state index >= 15 is 0 Å². The van der Waals surface area contributed by atoms with Crippen LogP contribution in [-0.4, -0.2) is 44.5 Å². The Bertz CT molecular complexity index is 945. The fourth-order valence-electron chi connectivity index (χ4n) is 3.31. The van der Waals surface area contributed by atoms with Crippen LogP contribution in [0, 0.1) is 11.8 Å². The molecule has 0 saturated carbocycles. The molecule has 0 radical (unpaired) electrons. The molecule has 0 aliphatic carbocycles. The van der Waals surface area contributed by atoms with Crippen LogP contribution in [0.4, 0.5) is 0 Å². The first kappa shape index (κ1) is 16.9. The van der Waals surface area contributed by atoms with Gasteiger partial charge in [-0.3, -0.25) is 19.0 Å². The first-order valence-corrected chi connectivity index (χ1v) is 8.09. The minimum absolute atomic E-state index is 0.0467. The third kappa shape index (κ3) is 3.33. The summed E-state index contributed by atoms with van der Waals surface area (Å²) in [7, 11) is 0. The minimum Gasteiger partial charge on any atom is -0.481 e. The minimum atomic E-state index is -0.940. The van der Waals surface area contributed by atoms with E-state index in [-0.39, 0.29) is 12.5 Å². The quantitative estimate of drug-likeness (QED) is 0.828. The van der Waals surface area contributed by atoms with Crippen molar-refractivity contribution in [2.24, 2.45) is 11.8 Å². The van der Waals surface area contributed by atoms with Crippen molar-refractivity contribution in [3.8, 4) is 0 Å². The highest BCUT2D eigenvalue weighted by atomic mass is 16.4. The van der Waals surface area contributed by atoms with E-state index in [4.69, 9.17) is 0 Å². The van der Waals surface area contributed by atoms with Crippen molar-refractivity contribution in [3.63, 3.8) is 0 Å². The number of piperidine rings is 1. The number of benzene rings is 1. The lowest BCUT2D eigenvalue weighted by Gasteiger charge is -2.34. The molecule has 3 rings (SSSR count). The summed E-state index contributed by atoms with van der Waals surface area (Å²) in [6.07, 6.45) is 0.510. The van der Waals surface area contributed by atoms with Crippen LogP contribution in [0.1, 0.15) is 13.3 Å². The van der Waals surface area contributed by atoms with E-state index in [1.165, 1.54) is 4.90 Å². The third-order valence-corrected chi connectivity index (χ3v) is 4.54. The molecule has 1 aromatic heterocycles. The van der Waals surface area contributed by atoms with Gasteiger partial charge in [-0.1, -0.05) is 19.1 Å². The van der Waals surface area contributed by atoms with Gasteiger partial charge in [0.05, 0.1) is 16.8 Å². The molecule has 1 saturated heterocycles. The Kier molecular flexibility index (Phi) is 4.43. The zero-order valence-electron chi connectivity index (χ0n) is 13.8. The maximum absolute atomic E-state index is 12.5. The van der Waals surface area contributed by atoms with E-state index in [2.05, 4.69) is 4.98 Å². The molecule has 2 atom stereocenters. The second kappa shape index (κ2) is 6.54. The monoisotopic (exact) mass is 345 g/mol. The molecule has 132 valence electrons. The Balaban J connectivity index is 1.88. The van der Waals surface area contributed by atoms with E-state index in [0.717, 1.165) is 4.57 Å². The number of carbonyl (C=O) groups excluding carboxylic acids is 1. The molecule has 0 spiro atoms. The van der Waals surface area contributed by atoms with E-state index in [9.17, 15) is 24.3 Å². The Morgan fingerprint density at radius 1 is 1.24 bits per heavy atom. The lowest BCUT2D eigenvalue weighted by Crippen LogP contribution is -2.48. The summed E-state index contributed by atoms with van der Waals surface area (Å²) in [6, 6.07) is 6.58. The van der Waals surface area contributed by atoms with Gasteiger partial charge in [0.1, 0.15) is 6.54 Å². The molecular weight excluding hydrogens is 326 g/mol. The van der Waals surface area contributed by atoms with Gasteiger partial charge in [0.2, 0.25) is 5.91 Å². The fourth-order valence-corrected chi connectivity index (χ4v) is 3.31. The molecule has 1 amide bonds. The van der Waals surface area contributed by atoms with Crippen molar-refractivity contribution < 1.29 is 14.7 Å². The lowest BCUT2D eigenvalue weighted by molar-refractivity contribution is -0.147. The highest BCUT2D eigenvalue weighted by Crippen LogP contribution is 2.22. The van der Waals surface area contributed by atoms with Gasteiger partial charge >= 0.3 is 11.7 Å². The van der Waals surface area contributed by atoms with Crippen molar-refractivity contribution in [2.75, 3.05) is 13.1 Å². The summed E-state index contributed by atoms with van der Waals surface area (Å²) in [6.45, 7) is 1.99. The average molecular weight is 345 g/mol. The predicted molar refractivity (Wildman–Crippen MR) is 90.3 cm³/mol. The number of H-pyrrole nitrogens is 1. The normalized spacial score (nSPS) is 20.6. The van der Waals surface area contributed by atoms with Crippen molar-refractivity contribution in [3.05, 3.63) is 45.1 Å². The number of aliphatic carboxylic acids is 1. The fraction of sp³-hybridized carbons (Fsp3) is 0.412. The molecule has 8 heteroatoms. The highest BCUT2D eigenvalue weighted by molar-refractivity contribution is 5.79. The summed E-state index contributed by atoms with van der Waals surface area (Å²) in [5.74, 6) is -1.95. The number of aromatic nitrogens is 2. The van der Waals surface area contributed by atoms with Gasteiger partial charge in [0.25, 0.3) is 5.56 Å². The Hall–Kier alpha value is -2.90. The summed E-state index contributed by atoms with van der Waals surface area (Å²) >= 11 is 0. The Morgan fingerprint density at radius 2 is 1.96 bits per heavy atom. The van der Waals surface area contributed by atoms with Gasteiger partial charge in [-0.15, -0.1) is 0 Å². The number of amides is 1. The van der Waals surface area contributed by atoms with Crippen LogP contribution in [0.15, 0.2) is 33.9 Å². The molecule has 1 aliphatic rings. The molecule has 25 heavy (non-hydrogen) atoms. The molecule has 1 aromatic carbocycles. The molecule has 0 bridgehead atoms. The molecule has 8 nitrogen and oxygen atoms in total. The Labute approximate surface area is 142 Å². The van der Waals surface area contributed by atoms with Crippen molar-refractivity contribution in [1.29, 1.82) is 0 Å². The average Bonchev–Trinajstić information content (AvgIpc) is 2.57. The Morgan fingerprint density at radius 3 is 2.68 bits per heavy atom. The maximum Gasteiger partial charge on any atom is 0.329 e. The van der Waals surface area contributed by atoms with Crippen LogP contribution in [0.2, 0.25) is 0 Å². The van der Waals surface area contributed by atoms with E-state index in [1.54, 1.807) is 24.3 Å². The number of hydrogen-bond donors (Lipinski definition) is 2. The largest absolute Gasteiger partial charge is 0.481 e. The number of hydrogen-bond acceptors (Lipinski definition) is 4. The molecule has 2 unspecified atom stereocenters. The number of para-hydroxylation sites is 1. The lowest BCUT2D eigenvalue weighted by atomic mass is 9.90. The number of carboxylic acid groups (broad SMARTS) is 1. The number of nitrogens with zero attached hydrogens (tertiary/aromatic N) is 2. The van der Waals surface area contributed by atoms with E-state index in [0.29, 0.717) is 23.9 Å². The molecule has 2 heterocycles. The van der Waals surface area contributed by atoms with Crippen molar-refractivity contribution in [2.45, 2.75) is 19.9 Å². The summed E-state index contributed by atoms with van der Waals surface area (Å²) < 4.78 is 0.861. The molecule has 2 aromatic rings. The van der Waals surface area contributed by atoms with Gasteiger partial charge in [-0.05, 0) is 24.5 Å². The van der Waals surface area contributed by atoms with Crippen molar-refractivity contribution >= 4 is 22.8 Å². The predicted octanol–water partition coefficient (Wildman–Crippen LogP) is 0.259. The van der Waals surface area contributed by atoms with Gasteiger partial charge in [-0.25, -0.2) is 4.79 Å². The van der Waals surface area contributed by atoms with Gasteiger partial charge in [0.15, 0.2) is 0 Å². The van der Waals surface area contributed by atoms with E-state index in [1.807, 2.05) is 6.92 Å². The van der Waals surface area contributed by atoms with Gasteiger partial charge in [-0.2, -0.15) is 0 Å². The van der Waals surface area contributed by atoms with E-state index < -0.39 is 35.6 Å². The van der Waals surface area contributed by atoms with Crippen LogP contribution in [0.3, 0.4) is 0 Å². The second-order valence-electron chi connectivity index (χ2n) is 6.54. The third-order valence-electron chi connectivity index (χ3n) is 4.54. The number of carboxylic acids is 1. The van der Waals surface area contributed by atoms with Crippen LogP contribution in [0.5, 0.6) is 0 Å². The van der Waals surface area contributed by atoms with Crippen LogP contribution in [0.25, 0.3) is 10.9 Å². The number of nitrogens with one attached hydrogen (secondary N) is 1. The highest BCUT2D eigenvalue weighted by Gasteiger charge is 2.32. The first-order chi connectivity index (χ1) is 11.9. The molecule has 2 N–H and O–H groups in total. The van der Waals surface area contributed by atoms with Crippen LogP contribution in [-0.2, 0) is 16.1 Å². The summed E-state index contributed by atoms with van der Waals surface area (Å²) in [5.41, 5.74) is -0.775. The van der Waals surface area contributed by atoms with Gasteiger partial charge in [0, 0.05) is 13.1 Å². The topological polar surface area (TPSA) is 112 Å². The van der Waals surface area contributed by atoms with Gasteiger partial charge < -0.3 is 15.0 Å². The smallest absolute Gasteiger partial charge is 0.329 e. The number of rotatable bonds is 3. The van der Waals surface area contributed by atoms with Crippen molar-refractivity contribution in [1.82, 2.24) is 14.5 Å². The zero-order valence-corrected chi connectivity index (χ0v) is 13.8. The number of carbonyl (C=O) groups is 2. The molecule has 1 aliphatic heterocycles. The summed E-state index contributed by atoms with van der Waals surface area (Å²) in [5, 5.41) is 9.53.